The average molecular weight is 357 g/mol. The Morgan fingerprint density at radius 2 is 2.09 bits per heavy atom. The summed E-state index contributed by atoms with van der Waals surface area (Å²) in [5.74, 6) is 0.558. The Hall–Kier alpha value is -2.40. The molecule has 0 bridgehead atoms. The van der Waals surface area contributed by atoms with E-state index in [4.69, 9.17) is 4.42 Å². The highest BCUT2D eigenvalue weighted by Crippen LogP contribution is 2.21. The molecule has 1 aromatic carbocycles. The summed E-state index contributed by atoms with van der Waals surface area (Å²) in [6.07, 6.45) is 3.31. The molecule has 0 aliphatic rings. The van der Waals surface area contributed by atoms with E-state index >= 15 is 0 Å². The number of benzene rings is 1. The van der Waals surface area contributed by atoms with Crippen LogP contribution in [0.1, 0.15) is 15.9 Å². The van der Waals surface area contributed by atoms with Crippen molar-refractivity contribution in [1.82, 2.24) is 10.3 Å². The Morgan fingerprint density at radius 1 is 1.18 bits per heavy atom. The van der Waals surface area contributed by atoms with Crippen LogP contribution in [0.2, 0.25) is 0 Å². The van der Waals surface area contributed by atoms with E-state index in [0.29, 0.717) is 17.9 Å². The second-order valence-electron chi connectivity index (χ2n) is 4.68. The van der Waals surface area contributed by atoms with Crippen molar-refractivity contribution < 1.29 is 9.21 Å². The van der Waals surface area contributed by atoms with Gasteiger partial charge in [-0.2, -0.15) is 0 Å². The molecule has 0 radical (unpaired) electrons. The van der Waals surface area contributed by atoms with Crippen LogP contribution >= 0.6 is 15.9 Å². The lowest BCUT2D eigenvalue weighted by Gasteiger charge is -2.08. The maximum Gasteiger partial charge on any atom is 0.251 e. The molecule has 4 nitrogen and oxygen atoms in total. The summed E-state index contributed by atoms with van der Waals surface area (Å²) in [7, 11) is 0. The van der Waals surface area contributed by atoms with Crippen molar-refractivity contribution in [3.05, 3.63) is 76.6 Å². The van der Waals surface area contributed by atoms with Crippen LogP contribution in [0.15, 0.2) is 69.9 Å². The molecule has 5 heteroatoms. The fourth-order valence-corrected chi connectivity index (χ4v) is 2.52. The zero-order chi connectivity index (χ0) is 15.4. The summed E-state index contributed by atoms with van der Waals surface area (Å²) in [6, 6.07) is 14.7. The molecule has 0 saturated heterocycles. The largest absolute Gasteiger partial charge is 0.463 e. The number of nitrogens with one attached hydrogen (secondary N) is 1. The van der Waals surface area contributed by atoms with Gasteiger partial charge in [0.25, 0.3) is 5.91 Å². The Bertz CT molecular complexity index is 785. The first-order valence-electron chi connectivity index (χ1n) is 6.75. The van der Waals surface area contributed by atoms with Crippen molar-refractivity contribution in [3.63, 3.8) is 0 Å². The summed E-state index contributed by atoms with van der Waals surface area (Å²) in [4.78, 5) is 16.5. The number of hydrogen-bond donors (Lipinski definition) is 1. The van der Waals surface area contributed by atoms with Crippen molar-refractivity contribution in [3.8, 4) is 11.5 Å². The maximum atomic E-state index is 12.2. The zero-order valence-corrected chi connectivity index (χ0v) is 13.2. The average Bonchev–Trinajstić information content (AvgIpc) is 3.07. The molecule has 0 aliphatic heterocycles. The van der Waals surface area contributed by atoms with Gasteiger partial charge in [0.2, 0.25) is 0 Å². The number of furan rings is 1. The van der Waals surface area contributed by atoms with Crippen molar-refractivity contribution in [2.45, 2.75) is 6.54 Å². The van der Waals surface area contributed by atoms with Gasteiger partial charge in [-0.25, -0.2) is 0 Å². The molecule has 2 heterocycles. The molecule has 22 heavy (non-hydrogen) atoms. The fraction of sp³-hybridized carbons (Fsp3) is 0.0588. The number of carbonyl (C=O) groups is 1. The minimum atomic E-state index is -0.129. The summed E-state index contributed by atoms with van der Waals surface area (Å²) in [5.41, 5.74) is 2.25. The van der Waals surface area contributed by atoms with Crippen molar-refractivity contribution in [2.75, 3.05) is 0 Å². The number of halogens is 1. The number of rotatable bonds is 4. The molecule has 3 aromatic rings. The first-order valence-corrected chi connectivity index (χ1v) is 7.55. The van der Waals surface area contributed by atoms with E-state index in [0.717, 1.165) is 15.7 Å². The predicted octanol–water partition coefficient (Wildman–Crippen LogP) is 4.03. The van der Waals surface area contributed by atoms with Crippen molar-refractivity contribution >= 4 is 21.8 Å². The lowest BCUT2D eigenvalue weighted by Crippen LogP contribution is -2.23. The van der Waals surface area contributed by atoms with Crippen LogP contribution in [0.25, 0.3) is 11.5 Å². The summed E-state index contributed by atoms with van der Waals surface area (Å²) < 4.78 is 6.26. The van der Waals surface area contributed by atoms with E-state index in [1.165, 1.54) is 0 Å². The monoisotopic (exact) mass is 356 g/mol. The summed E-state index contributed by atoms with van der Waals surface area (Å²) in [6.45, 7) is 0.384. The highest BCUT2D eigenvalue weighted by atomic mass is 79.9. The van der Waals surface area contributed by atoms with Crippen LogP contribution in [-0.4, -0.2) is 10.9 Å². The van der Waals surface area contributed by atoms with Gasteiger partial charge in [0.1, 0.15) is 5.69 Å². The molecule has 0 saturated carbocycles. The van der Waals surface area contributed by atoms with Crippen LogP contribution < -0.4 is 5.32 Å². The minimum Gasteiger partial charge on any atom is -0.463 e. The maximum absolute atomic E-state index is 12.2. The highest BCUT2D eigenvalue weighted by Gasteiger charge is 2.11. The molecular formula is C17H13BrN2O2. The minimum absolute atomic E-state index is 0.129. The zero-order valence-electron chi connectivity index (χ0n) is 11.6. The normalized spacial score (nSPS) is 10.4. The molecule has 0 unspecified atom stereocenters. The second kappa shape index (κ2) is 6.58. The third-order valence-corrected chi connectivity index (χ3v) is 3.67. The van der Waals surface area contributed by atoms with Crippen LogP contribution in [0, 0.1) is 0 Å². The lowest BCUT2D eigenvalue weighted by atomic mass is 10.1. The van der Waals surface area contributed by atoms with Crippen LogP contribution in [-0.2, 0) is 6.54 Å². The predicted molar refractivity (Wildman–Crippen MR) is 87.3 cm³/mol. The summed E-state index contributed by atoms with van der Waals surface area (Å²) >= 11 is 3.36. The number of carbonyl (C=O) groups excluding carboxylic acids is 1. The first kappa shape index (κ1) is 14.5. The molecule has 1 amide bonds. The lowest BCUT2D eigenvalue weighted by molar-refractivity contribution is 0.0951. The summed E-state index contributed by atoms with van der Waals surface area (Å²) in [5, 5.41) is 2.90. The van der Waals surface area contributed by atoms with Gasteiger partial charge in [0.05, 0.1) is 6.26 Å². The third kappa shape index (κ3) is 3.26. The Labute approximate surface area is 136 Å². The fourth-order valence-electron chi connectivity index (χ4n) is 2.12. The van der Waals surface area contributed by atoms with Gasteiger partial charge >= 0.3 is 0 Å². The smallest absolute Gasteiger partial charge is 0.251 e. The molecule has 0 fully saturated rings. The van der Waals surface area contributed by atoms with Crippen LogP contribution in [0.3, 0.4) is 0 Å². The molecule has 0 aliphatic carbocycles. The number of amides is 1. The van der Waals surface area contributed by atoms with Gasteiger partial charge in [-0.05, 0) is 36.4 Å². The topological polar surface area (TPSA) is 55.1 Å². The quantitative estimate of drug-likeness (QED) is 0.767. The first-order chi connectivity index (χ1) is 10.7. The van der Waals surface area contributed by atoms with Crippen molar-refractivity contribution in [2.24, 2.45) is 0 Å². The standard InChI is InChI=1S/C17H13BrN2O2/c18-14-6-1-4-12(10-14)17(21)20-11-13-5-2-8-19-16(13)15-7-3-9-22-15/h1-10H,11H2,(H,20,21). The third-order valence-electron chi connectivity index (χ3n) is 3.17. The molecule has 0 atom stereocenters. The van der Waals surface area contributed by atoms with Gasteiger partial charge in [-0.3, -0.25) is 9.78 Å². The number of aromatic nitrogens is 1. The van der Waals surface area contributed by atoms with E-state index in [2.05, 4.69) is 26.2 Å². The Balaban J connectivity index is 1.76. The van der Waals surface area contributed by atoms with Gasteiger partial charge in [-0.15, -0.1) is 0 Å². The van der Waals surface area contributed by atoms with Gasteiger partial charge in [0, 0.05) is 28.3 Å². The SMILES string of the molecule is O=C(NCc1cccnc1-c1ccco1)c1cccc(Br)c1. The number of pyridine rings is 1. The van der Waals surface area contributed by atoms with Gasteiger partial charge < -0.3 is 9.73 Å². The Morgan fingerprint density at radius 3 is 2.86 bits per heavy atom. The molecule has 1 N–H and O–H groups in total. The van der Waals surface area contributed by atoms with Gasteiger partial charge in [0.15, 0.2) is 5.76 Å². The number of hydrogen-bond acceptors (Lipinski definition) is 3. The van der Waals surface area contributed by atoms with E-state index in [1.54, 1.807) is 24.6 Å². The molecule has 110 valence electrons. The van der Waals surface area contributed by atoms with E-state index in [-0.39, 0.29) is 5.91 Å². The number of nitrogens with zero attached hydrogens (tertiary/aromatic N) is 1. The second-order valence-corrected chi connectivity index (χ2v) is 5.60. The van der Waals surface area contributed by atoms with E-state index in [9.17, 15) is 4.79 Å². The molecule has 2 aromatic heterocycles. The Kier molecular flexibility index (Phi) is 4.34. The van der Waals surface area contributed by atoms with Gasteiger partial charge in [-0.1, -0.05) is 28.1 Å². The van der Waals surface area contributed by atoms with E-state index in [1.807, 2.05) is 36.4 Å². The van der Waals surface area contributed by atoms with E-state index < -0.39 is 0 Å². The van der Waals surface area contributed by atoms with Crippen molar-refractivity contribution in [1.29, 1.82) is 0 Å². The van der Waals surface area contributed by atoms with Crippen LogP contribution in [0.5, 0.6) is 0 Å². The molecular weight excluding hydrogens is 344 g/mol. The molecule has 3 rings (SSSR count). The highest BCUT2D eigenvalue weighted by molar-refractivity contribution is 9.10. The molecule has 0 spiro atoms. The van der Waals surface area contributed by atoms with Crippen LogP contribution in [0.4, 0.5) is 0 Å².